The second-order valence-electron chi connectivity index (χ2n) is 5.99. The Bertz CT molecular complexity index is 969. The third-order valence-electron chi connectivity index (χ3n) is 4.13. The van der Waals surface area contributed by atoms with Crippen LogP contribution >= 0.6 is 15.9 Å². The van der Waals surface area contributed by atoms with E-state index in [0.29, 0.717) is 11.3 Å². The zero-order chi connectivity index (χ0) is 20.3. The van der Waals surface area contributed by atoms with Crippen molar-refractivity contribution in [2.45, 2.75) is 13.5 Å². The number of nitrogens with zero attached hydrogens (tertiary/aromatic N) is 1. The minimum absolute atomic E-state index is 0.0915. The van der Waals surface area contributed by atoms with Crippen LogP contribution in [0.15, 0.2) is 52.6 Å². The summed E-state index contributed by atoms with van der Waals surface area (Å²) in [6.07, 6.45) is 1.56. The number of nitrogens with one attached hydrogen (secondary N) is 1. The Morgan fingerprint density at radius 2 is 1.93 bits per heavy atom. The maximum absolute atomic E-state index is 12.3. The number of halogens is 1. The number of carbonyl (C=O) groups is 3. The SMILES string of the molecule is CCN1C(=O)NC(=Cc2cc(Br)ccc2OCc2ccc(C(=O)[O-])cc2)C1=O. The van der Waals surface area contributed by atoms with Crippen molar-refractivity contribution in [3.05, 3.63) is 69.3 Å². The van der Waals surface area contributed by atoms with Gasteiger partial charge in [0.05, 0.1) is 5.97 Å². The van der Waals surface area contributed by atoms with E-state index in [-0.39, 0.29) is 24.4 Å². The molecule has 0 spiro atoms. The summed E-state index contributed by atoms with van der Waals surface area (Å²) < 4.78 is 6.62. The number of aromatic carboxylic acids is 1. The van der Waals surface area contributed by atoms with Crippen molar-refractivity contribution in [2.75, 3.05) is 6.54 Å². The topological polar surface area (TPSA) is 98.8 Å². The zero-order valence-electron chi connectivity index (χ0n) is 14.9. The molecular weight excluding hydrogens is 428 g/mol. The zero-order valence-corrected chi connectivity index (χ0v) is 16.5. The summed E-state index contributed by atoms with van der Waals surface area (Å²) in [6.45, 7) is 2.21. The van der Waals surface area contributed by atoms with Crippen molar-refractivity contribution < 1.29 is 24.2 Å². The first-order valence-electron chi connectivity index (χ1n) is 8.46. The predicted molar refractivity (Wildman–Crippen MR) is 103 cm³/mol. The molecule has 7 nitrogen and oxygen atoms in total. The number of imide groups is 1. The second kappa shape index (κ2) is 8.26. The van der Waals surface area contributed by atoms with Crippen molar-refractivity contribution in [3.63, 3.8) is 0 Å². The number of urea groups is 1. The van der Waals surface area contributed by atoms with Crippen molar-refractivity contribution in [3.8, 4) is 5.75 Å². The minimum atomic E-state index is -1.24. The number of rotatable bonds is 6. The van der Waals surface area contributed by atoms with Crippen molar-refractivity contribution in [1.82, 2.24) is 10.2 Å². The lowest BCUT2D eigenvalue weighted by Crippen LogP contribution is -2.30. The van der Waals surface area contributed by atoms with Crippen LogP contribution in [0.2, 0.25) is 0 Å². The highest BCUT2D eigenvalue weighted by Gasteiger charge is 2.32. The highest BCUT2D eigenvalue weighted by Crippen LogP contribution is 2.27. The Morgan fingerprint density at radius 3 is 2.54 bits per heavy atom. The lowest BCUT2D eigenvalue weighted by molar-refractivity contribution is -0.255. The van der Waals surface area contributed by atoms with Crippen LogP contribution in [0.5, 0.6) is 5.75 Å². The Balaban J connectivity index is 1.81. The molecule has 1 aliphatic rings. The van der Waals surface area contributed by atoms with Crippen LogP contribution in [0, 0.1) is 0 Å². The molecule has 1 fully saturated rings. The van der Waals surface area contributed by atoms with Crippen molar-refractivity contribution >= 4 is 39.9 Å². The van der Waals surface area contributed by atoms with E-state index < -0.39 is 17.9 Å². The quantitative estimate of drug-likeness (QED) is 0.545. The molecule has 0 atom stereocenters. The van der Waals surface area contributed by atoms with E-state index in [1.54, 1.807) is 43.3 Å². The maximum Gasteiger partial charge on any atom is 0.328 e. The molecule has 0 unspecified atom stereocenters. The van der Waals surface area contributed by atoms with E-state index >= 15 is 0 Å². The Hall–Kier alpha value is -3.13. The molecule has 28 heavy (non-hydrogen) atoms. The molecule has 0 radical (unpaired) electrons. The molecule has 0 bridgehead atoms. The van der Waals surface area contributed by atoms with Gasteiger partial charge in [-0.2, -0.15) is 0 Å². The lowest BCUT2D eigenvalue weighted by Gasteiger charge is -2.11. The third-order valence-corrected chi connectivity index (χ3v) is 4.63. The molecule has 3 rings (SSSR count). The van der Waals surface area contributed by atoms with Crippen LogP contribution in [0.25, 0.3) is 6.08 Å². The molecule has 3 amide bonds. The largest absolute Gasteiger partial charge is 0.545 e. The van der Waals surface area contributed by atoms with Gasteiger partial charge in [0, 0.05) is 16.6 Å². The van der Waals surface area contributed by atoms with Gasteiger partial charge in [0.1, 0.15) is 18.1 Å². The second-order valence-corrected chi connectivity index (χ2v) is 6.91. The number of hydrogen-bond donors (Lipinski definition) is 1. The average Bonchev–Trinajstić information content (AvgIpc) is 2.94. The molecule has 0 saturated carbocycles. The van der Waals surface area contributed by atoms with Gasteiger partial charge in [0.15, 0.2) is 0 Å². The van der Waals surface area contributed by atoms with Gasteiger partial charge in [-0.3, -0.25) is 9.69 Å². The summed E-state index contributed by atoms with van der Waals surface area (Å²) in [7, 11) is 0. The first-order valence-corrected chi connectivity index (χ1v) is 9.25. The lowest BCUT2D eigenvalue weighted by atomic mass is 10.1. The van der Waals surface area contributed by atoms with Crippen LogP contribution in [-0.4, -0.2) is 29.4 Å². The molecule has 144 valence electrons. The fourth-order valence-corrected chi connectivity index (χ4v) is 3.05. The number of amides is 3. The van der Waals surface area contributed by atoms with E-state index in [9.17, 15) is 19.5 Å². The number of ether oxygens (including phenoxy) is 1. The monoisotopic (exact) mass is 443 g/mol. The Labute approximate surface area is 169 Å². The van der Waals surface area contributed by atoms with Crippen LogP contribution in [0.3, 0.4) is 0 Å². The first kappa shape index (κ1) is 19.6. The normalized spacial score (nSPS) is 15.1. The average molecular weight is 444 g/mol. The molecule has 2 aromatic rings. The molecule has 8 heteroatoms. The third kappa shape index (κ3) is 4.23. The number of hydrogen-bond acceptors (Lipinski definition) is 5. The van der Waals surface area contributed by atoms with Gasteiger partial charge in [0.25, 0.3) is 5.91 Å². The van der Waals surface area contributed by atoms with Crippen LogP contribution in [0.1, 0.15) is 28.4 Å². The van der Waals surface area contributed by atoms with E-state index in [1.165, 1.54) is 12.1 Å². The van der Waals surface area contributed by atoms with Gasteiger partial charge in [-0.25, -0.2) is 4.79 Å². The molecule has 1 heterocycles. The van der Waals surface area contributed by atoms with Crippen molar-refractivity contribution in [2.24, 2.45) is 0 Å². The van der Waals surface area contributed by atoms with E-state index in [1.807, 2.05) is 0 Å². The molecule has 2 aromatic carbocycles. The summed E-state index contributed by atoms with van der Waals surface area (Å²) in [5.74, 6) is -1.12. The standard InChI is InChI=1S/C20H17BrN2O5/c1-2-23-18(24)16(22-20(23)27)10-14-9-15(21)7-8-17(14)28-11-12-3-5-13(6-4-12)19(25)26/h3-10H,2,11H2,1H3,(H,22,27)(H,25,26)/p-1. The summed E-state index contributed by atoms with van der Waals surface area (Å²) in [5.41, 5.74) is 1.65. The number of carboxylic acids is 1. The van der Waals surface area contributed by atoms with Gasteiger partial charge in [-0.05, 0) is 42.3 Å². The summed E-state index contributed by atoms with van der Waals surface area (Å²) in [6, 6.07) is 11.0. The summed E-state index contributed by atoms with van der Waals surface area (Å²) >= 11 is 3.39. The first-order chi connectivity index (χ1) is 13.4. The highest BCUT2D eigenvalue weighted by atomic mass is 79.9. The Kier molecular flexibility index (Phi) is 5.79. The van der Waals surface area contributed by atoms with Gasteiger partial charge >= 0.3 is 6.03 Å². The van der Waals surface area contributed by atoms with E-state index in [4.69, 9.17) is 4.74 Å². The summed E-state index contributed by atoms with van der Waals surface area (Å²) in [4.78, 5) is 36.0. The fraction of sp³-hybridized carbons (Fsp3) is 0.150. The number of carbonyl (C=O) groups excluding carboxylic acids is 3. The van der Waals surface area contributed by atoms with E-state index in [0.717, 1.165) is 14.9 Å². The van der Waals surface area contributed by atoms with Gasteiger partial charge in [0.2, 0.25) is 0 Å². The highest BCUT2D eigenvalue weighted by molar-refractivity contribution is 9.10. The number of carboxylic acid groups (broad SMARTS) is 1. The summed E-state index contributed by atoms with van der Waals surface area (Å²) in [5, 5.41) is 13.4. The number of benzene rings is 2. The molecular formula is C20H16BrN2O5-. The van der Waals surface area contributed by atoms with E-state index in [2.05, 4.69) is 21.2 Å². The molecule has 1 aliphatic heterocycles. The predicted octanol–water partition coefficient (Wildman–Crippen LogP) is 2.30. The molecule has 1 N–H and O–H groups in total. The fourth-order valence-electron chi connectivity index (χ4n) is 2.68. The Morgan fingerprint density at radius 1 is 1.21 bits per heavy atom. The van der Waals surface area contributed by atoms with Gasteiger partial charge in [-0.1, -0.05) is 40.2 Å². The maximum atomic E-state index is 12.3. The van der Waals surface area contributed by atoms with Crippen LogP contribution in [-0.2, 0) is 11.4 Å². The smallest absolute Gasteiger partial charge is 0.328 e. The van der Waals surface area contributed by atoms with Crippen LogP contribution in [0.4, 0.5) is 4.79 Å². The van der Waals surface area contributed by atoms with Gasteiger partial charge in [-0.15, -0.1) is 0 Å². The minimum Gasteiger partial charge on any atom is -0.545 e. The molecule has 0 aliphatic carbocycles. The molecule has 0 aromatic heterocycles. The van der Waals surface area contributed by atoms with Crippen LogP contribution < -0.4 is 15.2 Å². The molecule has 1 saturated heterocycles. The number of likely N-dealkylation sites (N-methyl/N-ethyl adjacent to an activating group) is 1. The van der Waals surface area contributed by atoms with Crippen molar-refractivity contribution in [1.29, 1.82) is 0 Å². The van der Waals surface area contributed by atoms with Gasteiger partial charge < -0.3 is 20.0 Å².